The summed E-state index contributed by atoms with van der Waals surface area (Å²) in [7, 11) is 0. The van der Waals surface area contributed by atoms with Crippen molar-refractivity contribution >= 4 is 17.3 Å². The highest BCUT2D eigenvalue weighted by atomic mass is 35.5. The molecule has 2 N–H and O–H groups in total. The van der Waals surface area contributed by atoms with E-state index in [4.69, 9.17) is 16.3 Å². The van der Waals surface area contributed by atoms with Crippen molar-refractivity contribution in [2.24, 2.45) is 0 Å². The maximum atomic E-state index is 9.80. The van der Waals surface area contributed by atoms with Gasteiger partial charge in [-0.2, -0.15) is 0 Å². The molecule has 0 spiro atoms. The zero-order valence-corrected chi connectivity index (χ0v) is 12.1. The van der Waals surface area contributed by atoms with E-state index in [0.29, 0.717) is 6.61 Å². The van der Waals surface area contributed by atoms with E-state index in [0.717, 1.165) is 36.4 Å². The molecule has 3 nitrogen and oxygen atoms in total. The van der Waals surface area contributed by atoms with Crippen molar-refractivity contribution in [3.05, 3.63) is 29.3 Å². The van der Waals surface area contributed by atoms with Crippen molar-refractivity contribution < 1.29 is 9.84 Å². The summed E-state index contributed by atoms with van der Waals surface area (Å²) in [6, 6.07) is 7.61. The third-order valence-corrected chi connectivity index (χ3v) is 3.97. The summed E-state index contributed by atoms with van der Waals surface area (Å²) in [5.41, 5.74) is 0.724. The van der Waals surface area contributed by atoms with E-state index in [9.17, 15) is 5.11 Å². The molecule has 1 fully saturated rings. The van der Waals surface area contributed by atoms with Gasteiger partial charge in [-0.1, -0.05) is 24.9 Å². The van der Waals surface area contributed by atoms with Crippen LogP contribution in [-0.2, 0) is 4.74 Å². The quantitative estimate of drug-likeness (QED) is 0.869. The van der Waals surface area contributed by atoms with Crippen LogP contribution in [0.1, 0.15) is 32.6 Å². The Hall–Kier alpha value is -0.770. The van der Waals surface area contributed by atoms with Crippen LogP contribution in [-0.4, -0.2) is 30.0 Å². The normalized spacial score (nSPS) is 27.2. The second-order valence-electron chi connectivity index (χ2n) is 5.31. The summed E-state index contributed by atoms with van der Waals surface area (Å²) < 4.78 is 5.76. The van der Waals surface area contributed by atoms with Gasteiger partial charge in [-0.15, -0.1) is 0 Å². The van der Waals surface area contributed by atoms with Gasteiger partial charge in [-0.3, -0.25) is 0 Å². The molecule has 1 aliphatic rings. The molecule has 1 aliphatic heterocycles. The van der Waals surface area contributed by atoms with E-state index in [-0.39, 0.29) is 18.2 Å². The highest BCUT2D eigenvalue weighted by Crippen LogP contribution is 2.30. The smallest absolute Gasteiger partial charge is 0.0663 e. The lowest BCUT2D eigenvalue weighted by Crippen LogP contribution is -2.49. The molecule has 0 amide bonds. The number of aliphatic hydroxyl groups excluding tert-OH is 1. The zero-order valence-electron chi connectivity index (χ0n) is 11.4. The highest BCUT2D eigenvalue weighted by Gasteiger charge is 2.36. The first-order chi connectivity index (χ1) is 9.17. The first kappa shape index (κ1) is 14.6. The van der Waals surface area contributed by atoms with Gasteiger partial charge in [-0.25, -0.2) is 0 Å². The van der Waals surface area contributed by atoms with Crippen LogP contribution < -0.4 is 5.32 Å². The molecule has 1 heterocycles. The lowest BCUT2D eigenvalue weighted by molar-refractivity contribution is -0.0299. The fraction of sp³-hybridized carbons (Fsp3) is 0.600. The van der Waals surface area contributed by atoms with E-state index < -0.39 is 0 Å². The van der Waals surface area contributed by atoms with Crippen molar-refractivity contribution in [1.29, 1.82) is 0 Å². The van der Waals surface area contributed by atoms with Crippen LogP contribution in [0.5, 0.6) is 0 Å². The van der Waals surface area contributed by atoms with Gasteiger partial charge < -0.3 is 15.2 Å². The maximum Gasteiger partial charge on any atom is 0.0663 e. The fourth-order valence-corrected chi connectivity index (χ4v) is 2.79. The minimum atomic E-state index is -0.272. The summed E-state index contributed by atoms with van der Waals surface area (Å²) in [5.74, 6) is 0. The Bertz CT molecular complexity index is 394. The number of ether oxygens (including phenoxy) is 1. The van der Waals surface area contributed by atoms with Crippen LogP contribution >= 0.6 is 11.6 Å². The molecule has 2 unspecified atom stereocenters. The van der Waals surface area contributed by atoms with Crippen LogP contribution in [0.4, 0.5) is 5.69 Å². The number of hydrogen-bond acceptors (Lipinski definition) is 3. The fourth-order valence-electron chi connectivity index (χ4n) is 2.66. The summed E-state index contributed by atoms with van der Waals surface area (Å²) in [5, 5.41) is 14.0. The number of nitrogens with one attached hydrogen (secondary N) is 1. The topological polar surface area (TPSA) is 41.5 Å². The second-order valence-corrected chi connectivity index (χ2v) is 5.74. The first-order valence-corrected chi connectivity index (χ1v) is 7.31. The van der Waals surface area contributed by atoms with E-state index >= 15 is 0 Å². The van der Waals surface area contributed by atoms with Crippen molar-refractivity contribution in [3.8, 4) is 0 Å². The van der Waals surface area contributed by atoms with Crippen molar-refractivity contribution in [1.82, 2.24) is 0 Å². The Morgan fingerprint density at radius 2 is 2.16 bits per heavy atom. The van der Waals surface area contributed by atoms with Gasteiger partial charge in [0, 0.05) is 17.3 Å². The Kier molecular flexibility index (Phi) is 5.08. The monoisotopic (exact) mass is 283 g/mol. The van der Waals surface area contributed by atoms with E-state index in [1.165, 1.54) is 0 Å². The first-order valence-electron chi connectivity index (χ1n) is 6.94. The molecule has 2 rings (SSSR count). The number of hydrogen-bond donors (Lipinski definition) is 2. The minimum absolute atomic E-state index is 0.124. The van der Waals surface area contributed by atoms with Gasteiger partial charge in [0.05, 0.1) is 18.2 Å². The van der Waals surface area contributed by atoms with Crippen LogP contribution in [0.25, 0.3) is 0 Å². The highest BCUT2D eigenvalue weighted by molar-refractivity contribution is 6.30. The lowest BCUT2D eigenvalue weighted by atomic mass is 9.85. The van der Waals surface area contributed by atoms with Gasteiger partial charge in [0.1, 0.15) is 0 Å². The zero-order chi connectivity index (χ0) is 13.7. The Labute approximate surface area is 119 Å². The molecule has 0 aliphatic carbocycles. The molecule has 19 heavy (non-hydrogen) atoms. The molecule has 106 valence electrons. The van der Waals surface area contributed by atoms with Crippen molar-refractivity contribution in [2.75, 3.05) is 18.5 Å². The van der Waals surface area contributed by atoms with Crippen molar-refractivity contribution in [2.45, 2.75) is 44.2 Å². The van der Waals surface area contributed by atoms with Gasteiger partial charge >= 0.3 is 0 Å². The summed E-state index contributed by atoms with van der Waals surface area (Å²) >= 11 is 5.89. The Balaban J connectivity index is 2.06. The molecule has 4 heteroatoms. The number of aliphatic hydroxyl groups is 1. The molecule has 0 bridgehead atoms. The van der Waals surface area contributed by atoms with Crippen molar-refractivity contribution in [3.63, 3.8) is 0 Å². The summed E-state index contributed by atoms with van der Waals surface area (Å²) in [6.45, 7) is 2.98. The van der Waals surface area contributed by atoms with Crippen LogP contribution in [0.15, 0.2) is 24.3 Å². The Morgan fingerprint density at radius 1 is 1.42 bits per heavy atom. The molecule has 1 aromatic carbocycles. The SMILES string of the molecule is CCCC1CC(CO)(Nc2ccc(Cl)cc2)CCO1. The standard InChI is InChI=1S/C15H22ClNO2/c1-2-3-14-10-15(11-18,8-9-19-14)17-13-6-4-12(16)5-7-13/h4-7,14,17-18H,2-3,8-11H2,1H3. The lowest BCUT2D eigenvalue weighted by Gasteiger charge is -2.41. The van der Waals surface area contributed by atoms with Gasteiger partial charge in [0.15, 0.2) is 0 Å². The molecule has 0 saturated carbocycles. The van der Waals surface area contributed by atoms with Crippen LogP contribution in [0.3, 0.4) is 0 Å². The number of benzene rings is 1. The molecule has 1 aromatic rings. The predicted octanol–water partition coefficient (Wildman–Crippen LogP) is 3.46. The molecule has 0 radical (unpaired) electrons. The van der Waals surface area contributed by atoms with Gasteiger partial charge in [0.25, 0.3) is 0 Å². The number of rotatable bonds is 5. The molecule has 1 saturated heterocycles. The molecular weight excluding hydrogens is 262 g/mol. The average Bonchev–Trinajstić information content (AvgIpc) is 2.42. The van der Waals surface area contributed by atoms with Crippen LogP contribution in [0.2, 0.25) is 5.02 Å². The molecule has 2 atom stereocenters. The van der Waals surface area contributed by atoms with Crippen LogP contribution in [0, 0.1) is 0 Å². The molecule has 0 aromatic heterocycles. The summed E-state index contributed by atoms with van der Waals surface area (Å²) in [6.07, 6.45) is 4.06. The van der Waals surface area contributed by atoms with E-state index in [2.05, 4.69) is 12.2 Å². The number of halogens is 1. The minimum Gasteiger partial charge on any atom is -0.394 e. The van der Waals surface area contributed by atoms with E-state index in [1.54, 1.807) is 0 Å². The Morgan fingerprint density at radius 3 is 2.79 bits per heavy atom. The second kappa shape index (κ2) is 6.60. The molecular formula is C15H22ClNO2. The number of anilines is 1. The maximum absolute atomic E-state index is 9.80. The van der Waals surface area contributed by atoms with Gasteiger partial charge in [-0.05, 0) is 43.5 Å². The average molecular weight is 284 g/mol. The summed E-state index contributed by atoms with van der Waals surface area (Å²) in [4.78, 5) is 0. The van der Waals surface area contributed by atoms with Gasteiger partial charge in [0.2, 0.25) is 0 Å². The third-order valence-electron chi connectivity index (χ3n) is 3.72. The predicted molar refractivity (Wildman–Crippen MR) is 78.8 cm³/mol. The van der Waals surface area contributed by atoms with E-state index in [1.807, 2.05) is 24.3 Å². The largest absolute Gasteiger partial charge is 0.394 e. The third kappa shape index (κ3) is 3.85.